The quantitative estimate of drug-likeness (QED) is 0.886. The lowest BCUT2D eigenvalue weighted by molar-refractivity contribution is -0.688. The lowest BCUT2D eigenvalue weighted by Gasteiger charge is -2.07. The van der Waals surface area contributed by atoms with Gasteiger partial charge in [0.05, 0.1) is 13.4 Å². The molecule has 0 spiro atoms. The Morgan fingerprint density at radius 2 is 2.18 bits per heavy atom. The van der Waals surface area contributed by atoms with Crippen molar-refractivity contribution in [3.63, 3.8) is 0 Å². The summed E-state index contributed by atoms with van der Waals surface area (Å²) < 4.78 is 10.5. The molecule has 0 fully saturated rings. The van der Waals surface area contributed by atoms with Crippen molar-refractivity contribution in [2.24, 2.45) is 0 Å². The average Bonchev–Trinajstić information content (AvgIpc) is 2.82. The van der Waals surface area contributed by atoms with Crippen molar-refractivity contribution in [1.82, 2.24) is 0 Å². The first-order chi connectivity index (χ1) is 8.29. The SMILES string of the molecule is COc1ccc(Cl)cc1C[NH2+]Cc1ccco1. The first-order valence-corrected chi connectivity index (χ1v) is 5.84. The van der Waals surface area contributed by atoms with Gasteiger partial charge in [0.2, 0.25) is 0 Å². The summed E-state index contributed by atoms with van der Waals surface area (Å²) >= 11 is 5.96. The van der Waals surface area contributed by atoms with Gasteiger partial charge >= 0.3 is 0 Å². The molecule has 90 valence electrons. The molecule has 0 unspecified atom stereocenters. The fourth-order valence-electron chi connectivity index (χ4n) is 1.71. The van der Waals surface area contributed by atoms with Gasteiger partial charge in [-0.05, 0) is 30.3 Å². The van der Waals surface area contributed by atoms with Crippen LogP contribution in [-0.4, -0.2) is 7.11 Å². The summed E-state index contributed by atoms with van der Waals surface area (Å²) in [6.07, 6.45) is 1.68. The molecule has 0 saturated heterocycles. The molecular formula is C13H15ClNO2+. The highest BCUT2D eigenvalue weighted by molar-refractivity contribution is 6.30. The third-order valence-electron chi connectivity index (χ3n) is 2.53. The van der Waals surface area contributed by atoms with Crippen LogP contribution in [0.5, 0.6) is 5.75 Å². The van der Waals surface area contributed by atoms with Crippen molar-refractivity contribution in [2.75, 3.05) is 7.11 Å². The molecule has 1 heterocycles. The van der Waals surface area contributed by atoms with Gasteiger partial charge in [-0.15, -0.1) is 0 Å². The molecule has 2 rings (SSSR count). The average molecular weight is 253 g/mol. The molecule has 0 atom stereocenters. The van der Waals surface area contributed by atoms with Crippen LogP contribution in [0, 0.1) is 0 Å². The van der Waals surface area contributed by atoms with Gasteiger partial charge in [-0.1, -0.05) is 11.6 Å². The van der Waals surface area contributed by atoms with Gasteiger partial charge in [0.1, 0.15) is 18.8 Å². The smallest absolute Gasteiger partial charge is 0.157 e. The molecule has 17 heavy (non-hydrogen) atoms. The first-order valence-electron chi connectivity index (χ1n) is 5.46. The topological polar surface area (TPSA) is 39.0 Å². The van der Waals surface area contributed by atoms with E-state index in [0.717, 1.165) is 35.2 Å². The van der Waals surface area contributed by atoms with E-state index in [4.69, 9.17) is 20.8 Å². The number of hydrogen-bond donors (Lipinski definition) is 1. The minimum absolute atomic E-state index is 0.729. The van der Waals surface area contributed by atoms with Crippen LogP contribution in [0.2, 0.25) is 5.02 Å². The second kappa shape index (κ2) is 5.75. The number of methoxy groups -OCH3 is 1. The second-order valence-electron chi connectivity index (χ2n) is 3.73. The standard InChI is InChI=1S/C13H14ClNO2/c1-16-13-5-4-11(14)7-10(13)8-15-9-12-3-2-6-17-12/h2-7,15H,8-9H2,1H3/p+1. The fourth-order valence-corrected chi connectivity index (χ4v) is 1.90. The number of benzene rings is 1. The number of nitrogens with two attached hydrogens (primary N) is 1. The fraction of sp³-hybridized carbons (Fsp3) is 0.231. The van der Waals surface area contributed by atoms with Crippen LogP contribution in [-0.2, 0) is 13.1 Å². The van der Waals surface area contributed by atoms with Crippen LogP contribution >= 0.6 is 11.6 Å². The molecule has 0 aliphatic heterocycles. The van der Waals surface area contributed by atoms with Crippen LogP contribution in [0.3, 0.4) is 0 Å². The zero-order valence-corrected chi connectivity index (χ0v) is 10.4. The van der Waals surface area contributed by atoms with E-state index < -0.39 is 0 Å². The molecule has 2 aromatic rings. The highest BCUT2D eigenvalue weighted by Gasteiger charge is 2.06. The lowest BCUT2D eigenvalue weighted by atomic mass is 10.2. The number of quaternary nitrogens is 1. The largest absolute Gasteiger partial charge is 0.496 e. The van der Waals surface area contributed by atoms with Crippen molar-refractivity contribution in [1.29, 1.82) is 0 Å². The number of hydrogen-bond acceptors (Lipinski definition) is 2. The summed E-state index contributed by atoms with van der Waals surface area (Å²) in [4.78, 5) is 0. The third-order valence-corrected chi connectivity index (χ3v) is 2.77. The molecule has 0 radical (unpaired) electrons. The second-order valence-corrected chi connectivity index (χ2v) is 4.17. The van der Waals surface area contributed by atoms with Crippen LogP contribution in [0.1, 0.15) is 11.3 Å². The van der Waals surface area contributed by atoms with Gasteiger partial charge in [-0.2, -0.15) is 0 Å². The first kappa shape index (κ1) is 12.0. The third kappa shape index (κ3) is 3.25. The van der Waals surface area contributed by atoms with Crippen molar-refractivity contribution in [2.45, 2.75) is 13.1 Å². The van der Waals surface area contributed by atoms with E-state index in [2.05, 4.69) is 5.32 Å². The summed E-state index contributed by atoms with van der Waals surface area (Å²) in [5.74, 6) is 1.83. The zero-order valence-electron chi connectivity index (χ0n) is 9.65. The van der Waals surface area contributed by atoms with Crippen molar-refractivity contribution < 1.29 is 14.5 Å². The summed E-state index contributed by atoms with van der Waals surface area (Å²) in [6.45, 7) is 1.62. The Hall–Kier alpha value is -1.45. The number of ether oxygens (including phenoxy) is 1. The maximum absolute atomic E-state index is 5.96. The van der Waals surface area contributed by atoms with Gasteiger partial charge in [0.15, 0.2) is 5.76 Å². The van der Waals surface area contributed by atoms with Crippen LogP contribution < -0.4 is 10.1 Å². The van der Waals surface area contributed by atoms with Crippen LogP contribution in [0.25, 0.3) is 0 Å². The molecule has 2 N–H and O–H groups in total. The Bertz CT molecular complexity index is 468. The van der Waals surface area contributed by atoms with Gasteiger partial charge in [0, 0.05) is 10.6 Å². The molecule has 4 heteroatoms. The molecule has 0 amide bonds. The van der Waals surface area contributed by atoms with Gasteiger partial charge in [-0.3, -0.25) is 0 Å². The number of rotatable bonds is 5. The van der Waals surface area contributed by atoms with Crippen molar-refractivity contribution in [3.8, 4) is 5.75 Å². The Morgan fingerprint density at radius 3 is 2.88 bits per heavy atom. The molecule has 1 aromatic heterocycles. The number of halogens is 1. The Balaban J connectivity index is 1.96. The summed E-state index contributed by atoms with van der Waals surface area (Å²) in [6, 6.07) is 9.50. The van der Waals surface area contributed by atoms with Gasteiger partial charge in [0.25, 0.3) is 0 Å². The van der Waals surface area contributed by atoms with E-state index in [0.29, 0.717) is 0 Å². The minimum Gasteiger partial charge on any atom is -0.496 e. The van der Waals surface area contributed by atoms with Crippen molar-refractivity contribution >= 4 is 11.6 Å². The molecule has 0 aliphatic rings. The normalized spacial score (nSPS) is 10.5. The van der Waals surface area contributed by atoms with E-state index in [1.807, 2.05) is 30.3 Å². The molecule has 1 aromatic carbocycles. The zero-order chi connectivity index (χ0) is 12.1. The molecule has 0 saturated carbocycles. The van der Waals surface area contributed by atoms with Crippen molar-refractivity contribution in [3.05, 3.63) is 52.9 Å². The molecule has 0 bridgehead atoms. The minimum atomic E-state index is 0.729. The van der Waals surface area contributed by atoms with E-state index in [9.17, 15) is 0 Å². The maximum atomic E-state index is 5.96. The van der Waals surface area contributed by atoms with Gasteiger partial charge < -0.3 is 14.5 Å². The predicted molar refractivity (Wildman–Crippen MR) is 66.0 cm³/mol. The number of furan rings is 1. The molecule has 0 aliphatic carbocycles. The Kier molecular flexibility index (Phi) is 4.07. The molecular weight excluding hydrogens is 238 g/mol. The summed E-state index contributed by atoms with van der Waals surface area (Å²) in [7, 11) is 1.67. The Morgan fingerprint density at radius 1 is 1.29 bits per heavy atom. The maximum Gasteiger partial charge on any atom is 0.157 e. The summed E-state index contributed by atoms with van der Waals surface area (Å²) in [5, 5.41) is 2.87. The monoisotopic (exact) mass is 252 g/mol. The van der Waals surface area contributed by atoms with E-state index in [1.54, 1.807) is 13.4 Å². The van der Waals surface area contributed by atoms with Crippen LogP contribution in [0.4, 0.5) is 0 Å². The summed E-state index contributed by atoms with van der Waals surface area (Å²) in [5.41, 5.74) is 1.09. The Labute approximate surface area is 105 Å². The predicted octanol–water partition coefficient (Wildman–Crippen LogP) is 2.21. The molecule has 3 nitrogen and oxygen atoms in total. The van der Waals surface area contributed by atoms with Crippen LogP contribution in [0.15, 0.2) is 41.0 Å². The van der Waals surface area contributed by atoms with E-state index in [-0.39, 0.29) is 0 Å². The van der Waals surface area contributed by atoms with E-state index >= 15 is 0 Å². The van der Waals surface area contributed by atoms with Gasteiger partial charge in [-0.25, -0.2) is 0 Å². The van der Waals surface area contributed by atoms with E-state index in [1.165, 1.54) is 0 Å². The highest BCUT2D eigenvalue weighted by Crippen LogP contribution is 2.21. The lowest BCUT2D eigenvalue weighted by Crippen LogP contribution is -2.80. The highest BCUT2D eigenvalue weighted by atomic mass is 35.5.